The predicted octanol–water partition coefficient (Wildman–Crippen LogP) is 3.82. The number of carbonyl (C=O) groups is 1. The zero-order chi connectivity index (χ0) is 20.8. The van der Waals surface area contributed by atoms with Crippen molar-refractivity contribution in [3.8, 4) is 11.1 Å². The molecule has 0 aliphatic heterocycles. The van der Waals surface area contributed by atoms with Crippen LogP contribution in [0.1, 0.15) is 35.3 Å². The highest BCUT2D eigenvalue weighted by Gasteiger charge is 2.32. The zero-order valence-electron chi connectivity index (χ0n) is 15.1. The Morgan fingerprint density at radius 2 is 2.00 bits per heavy atom. The Morgan fingerprint density at radius 1 is 1.21 bits per heavy atom. The van der Waals surface area contributed by atoms with Gasteiger partial charge >= 0.3 is 6.18 Å². The quantitative estimate of drug-likeness (QED) is 0.644. The molecule has 29 heavy (non-hydrogen) atoms. The van der Waals surface area contributed by atoms with Crippen molar-refractivity contribution in [2.45, 2.75) is 37.7 Å². The summed E-state index contributed by atoms with van der Waals surface area (Å²) in [5.74, 6) is -0.713. The monoisotopic (exact) mass is 407 g/mol. The number of amides is 1. The van der Waals surface area contributed by atoms with Crippen molar-refractivity contribution in [3.05, 3.63) is 48.0 Å². The first-order valence-corrected chi connectivity index (χ1v) is 8.99. The number of alkyl halides is 4. The normalized spacial score (nSPS) is 19.6. The number of nitrogens with two attached hydrogens (primary N) is 1. The molecule has 10 heteroatoms. The molecule has 0 radical (unpaired) electrons. The molecule has 1 aliphatic rings. The Labute approximate surface area is 162 Å². The summed E-state index contributed by atoms with van der Waals surface area (Å²) < 4.78 is 53.8. The Kier molecular flexibility index (Phi) is 4.64. The third kappa shape index (κ3) is 3.62. The summed E-state index contributed by atoms with van der Waals surface area (Å²) in [5.41, 5.74) is 6.39. The van der Waals surface area contributed by atoms with Gasteiger partial charge in [0.2, 0.25) is 0 Å². The Hall–Kier alpha value is -3.17. The molecule has 0 unspecified atom stereocenters. The number of halogens is 4. The molecule has 0 bridgehead atoms. The summed E-state index contributed by atoms with van der Waals surface area (Å²) in [5, 5.41) is 7.22. The van der Waals surface area contributed by atoms with Gasteiger partial charge in [-0.3, -0.25) is 9.78 Å². The summed E-state index contributed by atoms with van der Waals surface area (Å²) in [6.45, 7) is 0. The van der Waals surface area contributed by atoms with E-state index in [2.05, 4.69) is 15.4 Å². The fourth-order valence-electron chi connectivity index (χ4n) is 3.55. The number of hydrogen-bond donors (Lipinski definition) is 2. The van der Waals surface area contributed by atoms with E-state index in [0.717, 1.165) is 18.7 Å². The molecule has 1 saturated carbocycles. The first-order valence-electron chi connectivity index (χ1n) is 8.99. The summed E-state index contributed by atoms with van der Waals surface area (Å²) >= 11 is 0. The molecule has 0 aromatic carbocycles. The molecule has 3 heterocycles. The van der Waals surface area contributed by atoms with Gasteiger partial charge in [0, 0.05) is 23.5 Å². The third-order valence-electron chi connectivity index (χ3n) is 5.05. The lowest BCUT2D eigenvalue weighted by Gasteiger charge is -2.19. The van der Waals surface area contributed by atoms with E-state index >= 15 is 0 Å². The minimum absolute atomic E-state index is 0.117. The topological polar surface area (TPSA) is 85.3 Å². The van der Waals surface area contributed by atoms with E-state index in [4.69, 9.17) is 5.73 Å². The first-order chi connectivity index (χ1) is 13.7. The second-order valence-corrected chi connectivity index (χ2v) is 6.98. The van der Waals surface area contributed by atoms with Crippen LogP contribution in [0.3, 0.4) is 0 Å². The van der Waals surface area contributed by atoms with Crippen LogP contribution in [0.25, 0.3) is 16.6 Å². The number of fused-ring (bicyclic) bond motifs is 1. The zero-order valence-corrected chi connectivity index (χ0v) is 15.1. The van der Waals surface area contributed by atoms with Crippen LogP contribution in [-0.4, -0.2) is 32.7 Å². The van der Waals surface area contributed by atoms with Crippen molar-refractivity contribution >= 4 is 17.1 Å². The van der Waals surface area contributed by atoms with E-state index in [1.165, 1.54) is 16.8 Å². The number of rotatable bonds is 4. The van der Waals surface area contributed by atoms with Gasteiger partial charge in [-0.2, -0.15) is 18.3 Å². The number of primary amides is 1. The van der Waals surface area contributed by atoms with Crippen molar-refractivity contribution < 1.29 is 22.4 Å². The lowest BCUT2D eigenvalue weighted by atomic mass is 10.1. The highest BCUT2D eigenvalue weighted by atomic mass is 19.4. The molecule has 6 nitrogen and oxygen atoms in total. The minimum atomic E-state index is -4.52. The molecule has 0 saturated heterocycles. The summed E-state index contributed by atoms with van der Waals surface area (Å²) in [4.78, 5) is 15.3. The van der Waals surface area contributed by atoms with E-state index < -0.39 is 30.0 Å². The number of hydrogen-bond acceptors (Lipinski definition) is 4. The largest absolute Gasteiger partial charge is 0.433 e. The molecule has 2 atom stereocenters. The van der Waals surface area contributed by atoms with Crippen LogP contribution in [0.2, 0.25) is 0 Å². The van der Waals surface area contributed by atoms with Crippen LogP contribution in [0.15, 0.2) is 36.8 Å². The van der Waals surface area contributed by atoms with Crippen LogP contribution >= 0.6 is 0 Å². The summed E-state index contributed by atoms with van der Waals surface area (Å²) in [7, 11) is 0. The van der Waals surface area contributed by atoms with E-state index in [0.29, 0.717) is 35.2 Å². The second-order valence-electron chi connectivity index (χ2n) is 6.98. The SMILES string of the molecule is NC(=O)c1cnn2cc(-c3ccc(C(F)(F)F)nc3)cc2c1N[C@@H]1CCC[C@@H]1F. The van der Waals surface area contributed by atoms with Crippen molar-refractivity contribution in [1.29, 1.82) is 0 Å². The molecule has 3 aromatic rings. The van der Waals surface area contributed by atoms with Gasteiger partial charge in [0.25, 0.3) is 5.91 Å². The molecule has 1 amide bonds. The molecular formula is C19H17F4N5O. The highest BCUT2D eigenvalue weighted by Crippen LogP contribution is 2.33. The van der Waals surface area contributed by atoms with E-state index in [1.54, 1.807) is 12.3 Å². The van der Waals surface area contributed by atoms with Crippen molar-refractivity contribution in [1.82, 2.24) is 14.6 Å². The van der Waals surface area contributed by atoms with Gasteiger partial charge in [-0.25, -0.2) is 8.91 Å². The molecule has 3 N–H and O–H groups in total. The fraction of sp³-hybridized carbons (Fsp3) is 0.316. The third-order valence-corrected chi connectivity index (χ3v) is 5.05. The molecule has 152 valence electrons. The molecular weight excluding hydrogens is 390 g/mol. The van der Waals surface area contributed by atoms with Gasteiger partial charge in [0.1, 0.15) is 11.9 Å². The summed E-state index contributed by atoms with van der Waals surface area (Å²) in [6.07, 6.45) is 0.217. The van der Waals surface area contributed by atoms with Crippen molar-refractivity contribution in [2.75, 3.05) is 5.32 Å². The standard InChI is InChI=1S/C19H17F4N5O/c20-13-2-1-3-14(13)27-17-12(18(24)29)8-26-28-9-11(6-15(17)28)10-4-5-16(25-7-10)19(21,22)23/h4-9,13-14,27H,1-3H2,(H2,24,29)/t13-,14+/m0/s1. The lowest BCUT2D eigenvalue weighted by molar-refractivity contribution is -0.141. The molecule has 1 aliphatic carbocycles. The maximum atomic E-state index is 14.1. The number of aromatic nitrogens is 3. The van der Waals surface area contributed by atoms with E-state index in [-0.39, 0.29) is 5.56 Å². The Bertz CT molecular complexity index is 1060. The van der Waals surface area contributed by atoms with Crippen LogP contribution in [0.4, 0.5) is 23.2 Å². The molecule has 0 spiro atoms. The average molecular weight is 407 g/mol. The number of carbonyl (C=O) groups excluding carboxylic acids is 1. The van der Waals surface area contributed by atoms with Gasteiger partial charge in [-0.15, -0.1) is 0 Å². The van der Waals surface area contributed by atoms with Gasteiger partial charge in [-0.05, 0) is 31.4 Å². The number of nitrogens with one attached hydrogen (secondary N) is 1. The maximum absolute atomic E-state index is 14.1. The smallest absolute Gasteiger partial charge is 0.377 e. The van der Waals surface area contributed by atoms with Crippen LogP contribution in [0, 0.1) is 0 Å². The number of pyridine rings is 1. The van der Waals surface area contributed by atoms with E-state index in [1.807, 2.05) is 0 Å². The molecule has 1 fully saturated rings. The Morgan fingerprint density at radius 3 is 2.59 bits per heavy atom. The van der Waals surface area contributed by atoms with Crippen LogP contribution in [-0.2, 0) is 6.18 Å². The van der Waals surface area contributed by atoms with Crippen molar-refractivity contribution in [3.63, 3.8) is 0 Å². The average Bonchev–Trinajstić information content (AvgIpc) is 3.27. The molecule has 4 rings (SSSR count). The Balaban J connectivity index is 1.77. The predicted molar refractivity (Wildman–Crippen MR) is 98.1 cm³/mol. The number of nitrogens with zero attached hydrogens (tertiary/aromatic N) is 3. The highest BCUT2D eigenvalue weighted by molar-refractivity contribution is 6.02. The molecule has 3 aromatic heterocycles. The lowest BCUT2D eigenvalue weighted by Crippen LogP contribution is -2.27. The van der Waals surface area contributed by atoms with Gasteiger partial charge in [0.05, 0.1) is 29.0 Å². The second kappa shape index (κ2) is 7.02. The van der Waals surface area contributed by atoms with E-state index in [9.17, 15) is 22.4 Å². The van der Waals surface area contributed by atoms with Crippen LogP contribution in [0.5, 0.6) is 0 Å². The van der Waals surface area contributed by atoms with Gasteiger partial charge in [-0.1, -0.05) is 6.07 Å². The van der Waals surface area contributed by atoms with Gasteiger partial charge in [0.15, 0.2) is 0 Å². The summed E-state index contributed by atoms with van der Waals surface area (Å²) in [6, 6.07) is 3.39. The maximum Gasteiger partial charge on any atom is 0.433 e. The fourth-order valence-corrected chi connectivity index (χ4v) is 3.55. The minimum Gasteiger partial charge on any atom is -0.377 e. The first kappa shape index (κ1) is 19.2. The van der Waals surface area contributed by atoms with Crippen molar-refractivity contribution in [2.24, 2.45) is 5.73 Å². The number of anilines is 1. The van der Waals surface area contributed by atoms with Gasteiger partial charge < -0.3 is 11.1 Å². The van der Waals surface area contributed by atoms with Crippen LogP contribution < -0.4 is 11.1 Å².